The molecule has 2 heterocycles. The highest BCUT2D eigenvalue weighted by Gasteiger charge is 2.36. The van der Waals surface area contributed by atoms with Gasteiger partial charge in [-0.15, -0.1) is 0 Å². The molecule has 1 aromatic carbocycles. The Morgan fingerprint density at radius 2 is 1.50 bits per heavy atom. The van der Waals surface area contributed by atoms with E-state index in [4.69, 9.17) is 14.0 Å². The number of benzene rings is 1. The standard InChI is InChI=1S/C45H78NO7P/c1-32(2)18-15-19-33(3)20-16-21-34(4)22-17-27-45(8)28-25-40-37(7)43(35(5)36(6)44(40)53-45)52-42(49)24-14-12-11-13-23-41(48)46-31-39(47)30-38(46)26-29-54(10,50)51-9/h32-34,38-39,47H,11-31H2,1-10H3/t33-,34-,38?,39-,45-,54?/m1/s1. The monoisotopic (exact) mass is 776 g/mol. The third-order valence-corrected chi connectivity index (χ3v) is 14.4. The van der Waals surface area contributed by atoms with E-state index < -0.39 is 13.5 Å². The zero-order valence-corrected chi connectivity index (χ0v) is 36.9. The quantitative estimate of drug-likeness (QED) is 0.0483. The summed E-state index contributed by atoms with van der Waals surface area (Å²) in [4.78, 5) is 27.7. The van der Waals surface area contributed by atoms with Crippen LogP contribution in [0.5, 0.6) is 11.5 Å². The first-order valence-corrected chi connectivity index (χ1v) is 23.8. The Kier molecular flexibility index (Phi) is 19.1. The molecule has 0 radical (unpaired) electrons. The predicted octanol–water partition coefficient (Wildman–Crippen LogP) is 11.3. The van der Waals surface area contributed by atoms with Gasteiger partial charge < -0.3 is 24.0 Å². The third kappa shape index (κ3) is 14.9. The molecule has 1 aromatic rings. The number of aliphatic hydroxyl groups is 1. The number of carbonyl (C=O) groups is 2. The molecule has 310 valence electrons. The highest BCUT2D eigenvalue weighted by molar-refractivity contribution is 7.58. The van der Waals surface area contributed by atoms with Gasteiger partial charge in [0.1, 0.15) is 17.1 Å². The van der Waals surface area contributed by atoms with Crippen LogP contribution in [0.4, 0.5) is 0 Å². The van der Waals surface area contributed by atoms with E-state index in [0.717, 1.165) is 78.7 Å². The van der Waals surface area contributed by atoms with Crippen molar-refractivity contribution in [2.75, 3.05) is 26.5 Å². The minimum Gasteiger partial charge on any atom is -0.487 e. The lowest BCUT2D eigenvalue weighted by Gasteiger charge is -2.38. The smallest absolute Gasteiger partial charge is 0.311 e. The van der Waals surface area contributed by atoms with Crippen molar-refractivity contribution in [1.29, 1.82) is 0 Å². The van der Waals surface area contributed by atoms with Crippen LogP contribution in [0.15, 0.2) is 0 Å². The number of nitrogens with zero attached hydrogens (tertiary/aromatic N) is 1. The van der Waals surface area contributed by atoms with E-state index in [9.17, 15) is 19.3 Å². The number of esters is 1. The zero-order valence-electron chi connectivity index (χ0n) is 36.0. The second kappa shape index (κ2) is 22.2. The van der Waals surface area contributed by atoms with Gasteiger partial charge in [-0.25, -0.2) is 0 Å². The summed E-state index contributed by atoms with van der Waals surface area (Å²) in [5.74, 6) is 3.90. The van der Waals surface area contributed by atoms with Crippen molar-refractivity contribution in [2.45, 2.75) is 195 Å². The fourth-order valence-corrected chi connectivity index (χ4v) is 9.52. The molecule has 1 N–H and O–H groups in total. The molecule has 1 amide bonds. The van der Waals surface area contributed by atoms with Crippen LogP contribution in [0.25, 0.3) is 0 Å². The molecule has 0 aromatic heterocycles. The summed E-state index contributed by atoms with van der Waals surface area (Å²) in [5, 5.41) is 10.2. The second-order valence-corrected chi connectivity index (χ2v) is 20.9. The summed E-state index contributed by atoms with van der Waals surface area (Å²) < 4.78 is 30.3. The van der Waals surface area contributed by atoms with Gasteiger partial charge in [0, 0.05) is 50.9 Å². The lowest BCUT2D eigenvalue weighted by Crippen LogP contribution is -2.37. The molecule has 2 unspecified atom stereocenters. The van der Waals surface area contributed by atoms with Crippen LogP contribution in [0.1, 0.15) is 172 Å². The molecule has 0 bridgehead atoms. The van der Waals surface area contributed by atoms with Gasteiger partial charge in [0.05, 0.1) is 6.10 Å². The summed E-state index contributed by atoms with van der Waals surface area (Å²) in [6.07, 6.45) is 18.3. The Labute approximate surface area is 329 Å². The molecular weight excluding hydrogens is 697 g/mol. The van der Waals surface area contributed by atoms with Crippen molar-refractivity contribution in [3.8, 4) is 11.5 Å². The molecule has 8 nitrogen and oxygen atoms in total. The Bertz CT molecular complexity index is 1390. The number of likely N-dealkylation sites (tertiary alicyclic amines) is 1. The molecule has 2 aliphatic heterocycles. The van der Waals surface area contributed by atoms with Crippen LogP contribution in [0.2, 0.25) is 0 Å². The second-order valence-electron chi connectivity index (χ2n) is 18.1. The first kappa shape index (κ1) is 46.5. The van der Waals surface area contributed by atoms with Crippen molar-refractivity contribution < 1.29 is 33.3 Å². The number of hydrogen-bond acceptors (Lipinski definition) is 7. The van der Waals surface area contributed by atoms with Gasteiger partial charge in [0.15, 0.2) is 7.37 Å². The molecule has 3 rings (SSSR count). The molecule has 0 spiro atoms. The fraction of sp³-hybridized carbons (Fsp3) is 0.822. The van der Waals surface area contributed by atoms with Crippen LogP contribution in [-0.2, 0) is 25.1 Å². The lowest BCUT2D eigenvalue weighted by molar-refractivity contribution is -0.135. The first-order chi connectivity index (χ1) is 25.4. The molecule has 1 saturated heterocycles. The maximum absolute atomic E-state index is 13.0. The minimum absolute atomic E-state index is 0.0329. The Morgan fingerprint density at radius 1 is 0.889 bits per heavy atom. The van der Waals surface area contributed by atoms with E-state index in [1.165, 1.54) is 64.0 Å². The van der Waals surface area contributed by atoms with E-state index in [-0.39, 0.29) is 23.5 Å². The summed E-state index contributed by atoms with van der Waals surface area (Å²) in [5.41, 5.74) is 4.06. The topological polar surface area (TPSA) is 102 Å². The van der Waals surface area contributed by atoms with E-state index in [1.807, 2.05) is 6.92 Å². The van der Waals surface area contributed by atoms with E-state index >= 15 is 0 Å². The number of hydrogen-bond donors (Lipinski definition) is 1. The highest BCUT2D eigenvalue weighted by atomic mass is 31.2. The molecular formula is C45H78NO7P. The van der Waals surface area contributed by atoms with Gasteiger partial charge >= 0.3 is 5.97 Å². The van der Waals surface area contributed by atoms with Crippen LogP contribution >= 0.6 is 7.37 Å². The summed E-state index contributed by atoms with van der Waals surface area (Å²) in [6.45, 7) is 19.9. The molecule has 9 heteroatoms. The largest absolute Gasteiger partial charge is 0.487 e. The lowest BCUT2D eigenvalue weighted by atomic mass is 9.83. The zero-order chi connectivity index (χ0) is 40.1. The van der Waals surface area contributed by atoms with Crippen LogP contribution in [0, 0.1) is 38.5 Å². The predicted molar refractivity (Wildman–Crippen MR) is 222 cm³/mol. The SMILES string of the molecule is COP(C)(=O)CCC1C[C@@H](O)CN1C(=O)CCCCCCC(=O)Oc1c(C)c(C)c2c(c1C)CC[C@@](C)(CCC[C@H](C)CCC[C@H](C)CCCC(C)C)O2. The molecule has 0 aliphatic carbocycles. The van der Waals surface area contributed by atoms with Gasteiger partial charge in [0.2, 0.25) is 5.91 Å². The Balaban J connectivity index is 1.39. The number of rotatable bonds is 24. The number of aliphatic hydroxyl groups excluding tert-OH is 1. The molecule has 0 saturated carbocycles. The number of amides is 1. The van der Waals surface area contributed by atoms with Crippen molar-refractivity contribution in [3.05, 3.63) is 22.3 Å². The van der Waals surface area contributed by atoms with E-state index in [2.05, 4.69) is 48.5 Å². The molecule has 6 atom stereocenters. The summed E-state index contributed by atoms with van der Waals surface area (Å²) in [6, 6.07) is -0.0994. The molecule has 1 fully saturated rings. The average Bonchev–Trinajstić information content (AvgIpc) is 3.49. The normalized spacial score (nSPS) is 22.1. The maximum Gasteiger partial charge on any atom is 0.311 e. The van der Waals surface area contributed by atoms with Gasteiger partial charge in [-0.2, -0.15) is 0 Å². The summed E-state index contributed by atoms with van der Waals surface area (Å²) in [7, 11) is -1.21. The number of β-amino-alcohol motifs (C(OH)–C–C–N with tert-alkyl or cyclic N) is 1. The van der Waals surface area contributed by atoms with E-state index in [1.54, 1.807) is 11.6 Å². The average molecular weight is 776 g/mol. The van der Waals surface area contributed by atoms with Crippen LogP contribution in [0.3, 0.4) is 0 Å². The number of fused-ring (bicyclic) bond motifs is 1. The highest BCUT2D eigenvalue weighted by Crippen LogP contribution is 2.45. The first-order valence-electron chi connectivity index (χ1n) is 21.6. The van der Waals surface area contributed by atoms with Gasteiger partial charge in [-0.1, -0.05) is 85.5 Å². The van der Waals surface area contributed by atoms with Crippen LogP contribution in [-0.4, -0.2) is 66.1 Å². The molecule has 2 aliphatic rings. The Hall–Kier alpha value is -1.89. The number of carbonyl (C=O) groups excluding carboxylic acids is 2. The molecule has 54 heavy (non-hydrogen) atoms. The minimum atomic E-state index is -2.66. The summed E-state index contributed by atoms with van der Waals surface area (Å²) >= 11 is 0. The van der Waals surface area contributed by atoms with Crippen molar-refractivity contribution >= 4 is 19.2 Å². The Morgan fingerprint density at radius 3 is 2.13 bits per heavy atom. The van der Waals surface area contributed by atoms with Crippen LogP contribution < -0.4 is 9.47 Å². The third-order valence-electron chi connectivity index (χ3n) is 12.5. The number of ether oxygens (including phenoxy) is 2. The van der Waals surface area contributed by atoms with E-state index in [0.29, 0.717) is 50.6 Å². The van der Waals surface area contributed by atoms with Gasteiger partial charge in [-0.3, -0.25) is 14.2 Å². The fourth-order valence-electron chi connectivity index (χ4n) is 8.57. The maximum atomic E-state index is 13.0. The van der Waals surface area contributed by atoms with Crippen molar-refractivity contribution in [3.63, 3.8) is 0 Å². The number of unbranched alkanes of at least 4 members (excludes halogenated alkanes) is 3. The van der Waals surface area contributed by atoms with Gasteiger partial charge in [0.25, 0.3) is 0 Å². The van der Waals surface area contributed by atoms with Gasteiger partial charge in [-0.05, 0) is 114 Å². The van der Waals surface area contributed by atoms with Crippen molar-refractivity contribution in [2.24, 2.45) is 17.8 Å². The van der Waals surface area contributed by atoms with Crippen molar-refractivity contribution in [1.82, 2.24) is 4.90 Å².